The maximum absolute atomic E-state index is 12.0. The molecule has 0 atom stereocenters. The second-order valence-corrected chi connectivity index (χ2v) is 6.12. The molecule has 2 aromatic heterocycles. The van der Waals surface area contributed by atoms with Crippen LogP contribution in [0.2, 0.25) is 0 Å². The van der Waals surface area contributed by atoms with E-state index in [1.165, 1.54) is 32.1 Å². The van der Waals surface area contributed by atoms with Crippen molar-refractivity contribution in [2.24, 2.45) is 5.92 Å². The van der Waals surface area contributed by atoms with Crippen LogP contribution in [-0.2, 0) is 11.2 Å². The normalized spacial score (nSPS) is 17.3. The summed E-state index contributed by atoms with van der Waals surface area (Å²) in [6.07, 6.45) is 11.7. The minimum absolute atomic E-state index is 0.354. The van der Waals surface area contributed by atoms with E-state index >= 15 is 0 Å². The summed E-state index contributed by atoms with van der Waals surface area (Å²) in [6.45, 7) is 0. The van der Waals surface area contributed by atoms with E-state index < -0.39 is 0 Å². The molecular formula is C14H18N2OS. The van der Waals surface area contributed by atoms with Crippen LogP contribution in [0.5, 0.6) is 0 Å². The number of imidazole rings is 1. The van der Waals surface area contributed by atoms with Gasteiger partial charge in [-0.25, -0.2) is 4.98 Å². The Balaban J connectivity index is 1.58. The van der Waals surface area contributed by atoms with E-state index in [4.69, 9.17) is 0 Å². The van der Waals surface area contributed by atoms with Crippen LogP contribution >= 0.6 is 11.3 Å². The topological polar surface area (TPSA) is 34.4 Å². The number of nitrogens with zero attached hydrogens (tertiary/aromatic N) is 2. The van der Waals surface area contributed by atoms with Gasteiger partial charge in [0.1, 0.15) is 5.78 Å². The summed E-state index contributed by atoms with van der Waals surface area (Å²) in [5.41, 5.74) is 0.919. The summed E-state index contributed by atoms with van der Waals surface area (Å²) in [5.74, 6) is 0.989. The first-order valence-corrected chi connectivity index (χ1v) is 7.62. The summed E-state index contributed by atoms with van der Waals surface area (Å²) in [4.78, 5) is 17.5. The summed E-state index contributed by atoms with van der Waals surface area (Å²) in [5, 5.41) is 2.01. The van der Waals surface area contributed by atoms with Crippen molar-refractivity contribution in [3.05, 3.63) is 23.5 Å². The van der Waals surface area contributed by atoms with Gasteiger partial charge in [0.25, 0.3) is 0 Å². The highest BCUT2D eigenvalue weighted by molar-refractivity contribution is 7.15. The summed E-state index contributed by atoms with van der Waals surface area (Å²) in [6, 6.07) is 0. The van der Waals surface area contributed by atoms with Gasteiger partial charge in [-0.2, -0.15) is 0 Å². The number of carbonyl (C=O) groups is 1. The fraction of sp³-hybridized carbons (Fsp3) is 0.571. The molecule has 0 aromatic carbocycles. The molecule has 96 valence electrons. The van der Waals surface area contributed by atoms with Crippen molar-refractivity contribution in [1.29, 1.82) is 0 Å². The molecule has 2 aromatic rings. The summed E-state index contributed by atoms with van der Waals surface area (Å²) < 4.78 is 1.99. The molecule has 0 aliphatic heterocycles. The average molecular weight is 262 g/mol. The molecule has 4 heteroatoms. The second-order valence-electron chi connectivity index (χ2n) is 5.25. The van der Waals surface area contributed by atoms with Gasteiger partial charge in [-0.15, -0.1) is 11.3 Å². The number of fused-ring (bicyclic) bond motifs is 1. The minimum atomic E-state index is 0.354. The molecule has 0 N–H and O–H groups in total. The van der Waals surface area contributed by atoms with E-state index in [2.05, 4.69) is 4.98 Å². The maximum Gasteiger partial charge on any atom is 0.193 e. The zero-order valence-electron chi connectivity index (χ0n) is 10.5. The highest BCUT2D eigenvalue weighted by Crippen LogP contribution is 2.26. The third-order valence-corrected chi connectivity index (χ3v) is 4.53. The quantitative estimate of drug-likeness (QED) is 0.845. The smallest absolute Gasteiger partial charge is 0.193 e. The third kappa shape index (κ3) is 2.64. The largest absolute Gasteiger partial charge is 0.299 e. The molecular weight excluding hydrogens is 244 g/mol. The Morgan fingerprint density at radius 1 is 1.39 bits per heavy atom. The zero-order valence-corrected chi connectivity index (χ0v) is 11.3. The highest BCUT2D eigenvalue weighted by atomic mass is 32.1. The lowest BCUT2D eigenvalue weighted by Crippen LogP contribution is -2.13. The van der Waals surface area contributed by atoms with Crippen molar-refractivity contribution in [1.82, 2.24) is 9.38 Å². The number of hydrogen-bond acceptors (Lipinski definition) is 3. The van der Waals surface area contributed by atoms with Crippen LogP contribution in [0.3, 0.4) is 0 Å². The van der Waals surface area contributed by atoms with Gasteiger partial charge in [-0.3, -0.25) is 9.20 Å². The summed E-state index contributed by atoms with van der Waals surface area (Å²) >= 11 is 1.61. The first-order valence-electron chi connectivity index (χ1n) is 6.74. The van der Waals surface area contributed by atoms with Gasteiger partial charge in [-0.05, 0) is 5.92 Å². The number of carbonyl (C=O) groups excluding carboxylic acids is 1. The monoisotopic (exact) mass is 262 g/mol. The minimum Gasteiger partial charge on any atom is -0.299 e. The van der Waals surface area contributed by atoms with Crippen LogP contribution in [0, 0.1) is 5.92 Å². The van der Waals surface area contributed by atoms with Crippen molar-refractivity contribution >= 4 is 22.1 Å². The van der Waals surface area contributed by atoms with Crippen molar-refractivity contribution in [2.75, 3.05) is 0 Å². The number of hydrogen-bond donors (Lipinski definition) is 0. The third-order valence-electron chi connectivity index (χ3n) is 3.76. The van der Waals surface area contributed by atoms with Gasteiger partial charge in [0, 0.05) is 24.2 Å². The van der Waals surface area contributed by atoms with Crippen molar-refractivity contribution < 1.29 is 4.79 Å². The van der Waals surface area contributed by atoms with E-state index in [0.29, 0.717) is 18.1 Å². The van der Waals surface area contributed by atoms with Crippen LogP contribution in [0.15, 0.2) is 17.8 Å². The molecule has 3 nitrogen and oxygen atoms in total. The Morgan fingerprint density at radius 3 is 3.00 bits per heavy atom. The Bertz CT molecular complexity index is 508. The molecule has 0 saturated heterocycles. The number of ketones is 1. The molecule has 18 heavy (non-hydrogen) atoms. The molecule has 0 amide bonds. The van der Waals surface area contributed by atoms with E-state index in [9.17, 15) is 4.79 Å². The molecule has 0 spiro atoms. The number of Topliss-reactive ketones (excluding diaryl/α,β-unsaturated/α-hetero) is 1. The van der Waals surface area contributed by atoms with Crippen LogP contribution in [0.25, 0.3) is 4.96 Å². The van der Waals surface area contributed by atoms with Gasteiger partial charge >= 0.3 is 0 Å². The van der Waals surface area contributed by atoms with Gasteiger partial charge < -0.3 is 0 Å². The van der Waals surface area contributed by atoms with E-state index in [0.717, 1.165) is 17.1 Å². The van der Waals surface area contributed by atoms with Gasteiger partial charge in [0.15, 0.2) is 4.96 Å². The molecule has 1 fully saturated rings. The van der Waals surface area contributed by atoms with E-state index in [-0.39, 0.29) is 0 Å². The first-order chi connectivity index (χ1) is 8.81. The van der Waals surface area contributed by atoms with Crippen LogP contribution < -0.4 is 0 Å². The number of rotatable bonds is 4. The maximum atomic E-state index is 12.0. The fourth-order valence-electron chi connectivity index (χ4n) is 2.85. The van der Waals surface area contributed by atoms with Gasteiger partial charge in [-0.1, -0.05) is 32.1 Å². The molecule has 3 rings (SSSR count). The Morgan fingerprint density at radius 2 is 2.22 bits per heavy atom. The predicted molar refractivity (Wildman–Crippen MR) is 73.0 cm³/mol. The number of aromatic nitrogens is 2. The number of thiazole rings is 1. The molecule has 1 aliphatic carbocycles. The average Bonchev–Trinajstić information content (AvgIpc) is 2.90. The lowest BCUT2D eigenvalue weighted by Gasteiger charge is -2.20. The first kappa shape index (κ1) is 11.9. The molecule has 0 bridgehead atoms. The molecule has 2 heterocycles. The van der Waals surface area contributed by atoms with E-state index in [1.807, 2.05) is 22.2 Å². The Labute approximate surface area is 111 Å². The van der Waals surface area contributed by atoms with Gasteiger partial charge in [0.2, 0.25) is 0 Å². The Kier molecular flexibility index (Phi) is 3.46. The molecule has 1 saturated carbocycles. The lowest BCUT2D eigenvalue weighted by atomic mass is 9.85. The van der Waals surface area contributed by atoms with Crippen molar-refractivity contribution in [3.63, 3.8) is 0 Å². The fourth-order valence-corrected chi connectivity index (χ4v) is 3.57. The zero-order chi connectivity index (χ0) is 12.4. The highest BCUT2D eigenvalue weighted by Gasteiger charge is 2.17. The van der Waals surface area contributed by atoms with Crippen molar-refractivity contribution in [3.8, 4) is 0 Å². The second kappa shape index (κ2) is 5.22. The lowest BCUT2D eigenvalue weighted by molar-refractivity contribution is -0.119. The van der Waals surface area contributed by atoms with Crippen LogP contribution in [0.4, 0.5) is 0 Å². The molecule has 1 aliphatic rings. The Hall–Kier alpha value is -1.16. The van der Waals surface area contributed by atoms with E-state index in [1.54, 1.807) is 11.3 Å². The molecule has 0 unspecified atom stereocenters. The molecule has 0 radical (unpaired) electrons. The van der Waals surface area contributed by atoms with Crippen LogP contribution in [0.1, 0.15) is 44.2 Å². The summed E-state index contributed by atoms with van der Waals surface area (Å²) in [7, 11) is 0. The van der Waals surface area contributed by atoms with Crippen LogP contribution in [-0.4, -0.2) is 15.2 Å². The van der Waals surface area contributed by atoms with Gasteiger partial charge in [0.05, 0.1) is 12.1 Å². The van der Waals surface area contributed by atoms with Crippen molar-refractivity contribution in [2.45, 2.75) is 44.9 Å². The SMILES string of the molecule is O=C(Cc1cn2ccsc2n1)CC1CCCCC1. The predicted octanol–water partition coefficient (Wildman–Crippen LogP) is 3.48. The standard InChI is InChI=1S/C14H18N2OS/c17-13(8-11-4-2-1-3-5-11)9-12-10-16-6-7-18-14(16)15-12/h6-7,10-11H,1-5,8-9H2.